The first-order valence-electron chi connectivity index (χ1n) is 7.20. The van der Waals surface area contributed by atoms with E-state index < -0.39 is 5.91 Å². The van der Waals surface area contributed by atoms with Gasteiger partial charge in [-0.1, -0.05) is 11.8 Å². The van der Waals surface area contributed by atoms with Crippen molar-refractivity contribution in [1.29, 1.82) is 5.26 Å². The lowest BCUT2D eigenvalue weighted by Gasteiger charge is -2.34. The highest BCUT2D eigenvalue weighted by Crippen LogP contribution is 2.31. The number of thioether (sulfide) groups is 1. The molecule has 2 rings (SSSR count). The minimum absolute atomic E-state index is 0.402. The molecule has 8 heteroatoms. The quantitative estimate of drug-likeness (QED) is 0.370. The summed E-state index contributed by atoms with van der Waals surface area (Å²) in [6, 6.07) is 5.26. The zero-order valence-electron chi connectivity index (χ0n) is 13.2. The van der Waals surface area contributed by atoms with Crippen molar-refractivity contribution in [3.63, 3.8) is 0 Å². The number of piperazine rings is 1. The molecule has 23 heavy (non-hydrogen) atoms. The van der Waals surface area contributed by atoms with E-state index in [9.17, 15) is 4.79 Å². The molecule has 1 aromatic carbocycles. The van der Waals surface area contributed by atoms with Crippen molar-refractivity contribution in [1.82, 2.24) is 10.2 Å². The van der Waals surface area contributed by atoms with Crippen LogP contribution in [0.1, 0.15) is 10.4 Å². The number of nitriles is 1. The van der Waals surface area contributed by atoms with Gasteiger partial charge in [0, 0.05) is 31.7 Å². The van der Waals surface area contributed by atoms with Gasteiger partial charge in [-0.05, 0) is 31.5 Å². The number of benzene rings is 1. The molecule has 1 aliphatic heterocycles. The second-order valence-electron chi connectivity index (χ2n) is 5.22. The molecule has 0 radical (unpaired) electrons. The summed E-state index contributed by atoms with van der Waals surface area (Å²) in [5.74, 6) is -0.495. The molecule has 0 aliphatic carbocycles. The number of aliphatic imine (C=N–C) groups is 1. The van der Waals surface area contributed by atoms with Crippen LogP contribution < -0.4 is 16.0 Å². The van der Waals surface area contributed by atoms with Crippen LogP contribution in [0.3, 0.4) is 0 Å². The summed E-state index contributed by atoms with van der Waals surface area (Å²) in [6.45, 7) is 3.70. The van der Waals surface area contributed by atoms with Crippen molar-refractivity contribution in [2.75, 3.05) is 44.4 Å². The van der Waals surface area contributed by atoms with Crippen LogP contribution in [-0.4, -0.2) is 55.5 Å². The minimum Gasteiger partial charge on any atom is -0.367 e. The van der Waals surface area contributed by atoms with E-state index in [1.165, 1.54) is 11.8 Å². The normalized spacial score (nSPS) is 16.0. The molecule has 0 atom stereocenters. The van der Waals surface area contributed by atoms with Crippen molar-refractivity contribution in [2.24, 2.45) is 10.7 Å². The van der Waals surface area contributed by atoms with Gasteiger partial charge in [0.15, 0.2) is 11.4 Å². The van der Waals surface area contributed by atoms with Gasteiger partial charge in [0.2, 0.25) is 5.91 Å². The summed E-state index contributed by atoms with van der Waals surface area (Å²) >= 11 is 1.33. The van der Waals surface area contributed by atoms with Crippen LogP contribution in [0.4, 0.5) is 11.4 Å². The van der Waals surface area contributed by atoms with Crippen LogP contribution in [0.5, 0.6) is 0 Å². The summed E-state index contributed by atoms with van der Waals surface area (Å²) in [4.78, 5) is 20.4. The number of primary amides is 1. The molecule has 0 bridgehead atoms. The Bertz CT molecular complexity index is 646. The Balaban J connectivity index is 2.41. The zero-order chi connectivity index (χ0) is 16.8. The van der Waals surface area contributed by atoms with Crippen molar-refractivity contribution >= 4 is 34.2 Å². The fraction of sp³-hybridized carbons (Fsp3) is 0.400. The Kier molecular flexibility index (Phi) is 5.84. The molecular weight excluding hydrogens is 312 g/mol. The maximum absolute atomic E-state index is 11.4. The Labute approximate surface area is 140 Å². The Morgan fingerprint density at radius 2 is 2.09 bits per heavy atom. The van der Waals surface area contributed by atoms with Gasteiger partial charge >= 0.3 is 0 Å². The molecule has 1 heterocycles. The molecule has 3 N–H and O–H groups in total. The second kappa shape index (κ2) is 7.85. The van der Waals surface area contributed by atoms with Gasteiger partial charge < -0.3 is 15.5 Å². The highest BCUT2D eigenvalue weighted by molar-refractivity contribution is 8.13. The predicted octanol–water partition coefficient (Wildman–Crippen LogP) is 0.958. The van der Waals surface area contributed by atoms with Gasteiger partial charge in [-0.2, -0.15) is 5.26 Å². The number of carbonyl (C=O) groups is 1. The third-order valence-corrected chi connectivity index (χ3v) is 4.26. The standard InChI is InChI=1S/C15H20N6OS/c1-20-5-7-21(8-6-20)13-4-3-11(14(17)22)9-12(13)19-15(23-2)18-10-16/h3-4,9H,5-8H2,1-2H3,(H2,17,22)(H,18,19). The smallest absolute Gasteiger partial charge is 0.248 e. The third kappa shape index (κ3) is 4.37. The van der Waals surface area contributed by atoms with Crippen molar-refractivity contribution < 1.29 is 4.79 Å². The molecule has 1 aromatic rings. The number of anilines is 1. The fourth-order valence-corrected chi connectivity index (χ4v) is 2.70. The first kappa shape index (κ1) is 17.1. The predicted molar refractivity (Wildman–Crippen MR) is 94.0 cm³/mol. The lowest BCUT2D eigenvalue weighted by atomic mass is 10.1. The number of hydrogen-bond donors (Lipinski definition) is 2. The molecule has 7 nitrogen and oxygen atoms in total. The van der Waals surface area contributed by atoms with Crippen LogP contribution in [-0.2, 0) is 0 Å². The molecular formula is C15H20N6OS. The van der Waals surface area contributed by atoms with Gasteiger partial charge in [-0.15, -0.1) is 0 Å². The topological polar surface area (TPSA) is 97.8 Å². The second-order valence-corrected chi connectivity index (χ2v) is 6.01. The minimum atomic E-state index is -0.495. The molecule has 0 saturated carbocycles. The molecule has 122 valence electrons. The molecule has 1 aliphatic rings. The SMILES string of the molecule is CSC(=Nc1cc(C(N)=O)ccc1N1CCN(C)CC1)NC#N. The third-order valence-electron chi connectivity index (χ3n) is 3.68. The van der Waals surface area contributed by atoms with Crippen LogP contribution in [0.25, 0.3) is 0 Å². The highest BCUT2D eigenvalue weighted by Gasteiger charge is 2.18. The van der Waals surface area contributed by atoms with Crippen molar-refractivity contribution in [3.05, 3.63) is 23.8 Å². The summed E-state index contributed by atoms with van der Waals surface area (Å²) in [6.07, 6.45) is 3.70. The van der Waals surface area contributed by atoms with Gasteiger partial charge in [0.25, 0.3) is 0 Å². The van der Waals surface area contributed by atoms with E-state index in [0.29, 0.717) is 16.4 Å². The van der Waals surface area contributed by atoms with Gasteiger partial charge in [-0.25, -0.2) is 4.99 Å². The number of rotatable bonds is 3. The van der Waals surface area contributed by atoms with E-state index in [-0.39, 0.29) is 0 Å². The van der Waals surface area contributed by atoms with Crippen molar-refractivity contribution in [3.8, 4) is 6.19 Å². The van der Waals surface area contributed by atoms with E-state index in [4.69, 9.17) is 11.0 Å². The van der Waals surface area contributed by atoms with Crippen LogP contribution >= 0.6 is 11.8 Å². The van der Waals surface area contributed by atoms with Gasteiger partial charge in [-0.3, -0.25) is 10.1 Å². The number of likely N-dealkylation sites (N-methyl/N-ethyl adjacent to an activating group) is 1. The first-order chi connectivity index (χ1) is 11.0. The average Bonchev–Trinajstić information content (AvgIpc) is 2.55. The van der Waals surface area contributed by atoms with Gasteiger partial charge in [0.05, 0.1) is 11.4 Å². The van der Waals surface area contributed by atoms with E-state index in [1.807, 2.05) is 18.5 Å². The average molecular weight is 332 g/mol. The van der Waals surface area contributed by atoms with E-state index in [2.05, 4.69) is 27.2 Å². The lowest BCUT2D eigenvalue weighted by Crippen LogP contribution is -2.44. The monoisotopic (exact) mass is 332 g/mol. The van der Waals surface area contributed by atoms with E-state index in [0.717, 1.165) is 31.9 Å². The maximum Gasteiger partial charge on any atom is 0.248 e. The number of nitrogens with two attached hydrogens (primary N) is 1. The number of amidine groups is 1. The Hall–Kier alpha value is -2.24. The number of carbonyl (C=O) groups excluding carboxylic acids is 1. The summed E-state index contributed by atoms with van der Waals surface area (Å²) in [7, 11) is 2.09. The number of amides is 1. The molecule has 0 spiro atoms. The number of nitrogens with one attached hydrogen (secondary N) is 1. The van der Waals surface area contributed by atoms with Gasteiger partial charge in [0.1, 0.15) is 0 Å². The summed E-state index contributed by atoms with van der Waals surface area (Å²) in [5.41, 5.74) is 7.35. The van der Waals surface area contributed by atoms with Crippen LogP contribution in [0, 0.1) is 11.5 Å². The van der Waals surface area contributed by atoms with E-state index in [1.54, 1.807) is 12.1 Å². The molecule has 1 saturated heterocycles. The molecule has 1 fully saturated rings. The molecule has 0 unspecified atom stereocenters. The van der Waals surface area contributed by atoms with Crippen LogP contribution in [0.15, 0.2) is 23.2 Å². The highest BCUT2D eigenvalue weighted by atomic mass is 32.2. The maximum atomic E-state index is 11.4. The lowest BCUT2D eigenvalue weighted by molar-refractivity contribution is 0.100. The fourth-order valence-electron chi connectivity index (χ4n) is 2.36. The molecule has 1 amide bonds. The Morgan fingerprint density at radius 1 is 1.39 bits per heavy atom. The van der Waals surface area contributed by atoms with E-state index >= 15 is 0 Å². The first-order valence-corrected chi connectivity index (χ1v) is 8.42. The van der Waals surface area contributed by atoms with Crippen LogP contribution in [0.2, 0.25) is 0 Å². The van der Waals surface area contributed by atoms with Crippen molar-refractivity contribution in [2.45, 2.75) is 0 Å². The molecule has 0 aromatic heterocycles. The number of hydrogen-bond acceptors (Lipinski definition) is 6. The zero-order valence-corrected chi connectivity index (χ0v) is 14.1. The summed E-state index contributed by atoms with van der Waals surface area (Å²) < 4.78 is 0. The Morgan fingerprint density at radius 3 is 2.65 bits per heavy atom. The largest absolute Gasteiger partial charge is 0.367 e. The number of nitrogens with zero attached hydrogens (tertiary/aromatic N) is 4. The summed E-state index contributed by atoms with van der Waals surface area (Å²) in [5, 5.41) is 11.8.